The lowest BCUT2D eigenvalue weighted by molar-refractivity contribution is 0.563. The van der Waals surface area contributed by atoms with Crippen LogP contribution in [0, 0.1) is 20.8 Å². The van der Waals surface area contributed by atoms with Crippen LogP contribution in [0.25, 0.3) is 32.8 Å². The standard InChI is InChI=1S/C21H17NO2S/c1-12-8-14(3)16(9-13(12)2)18-11-25-20(22-18)17-10-15-6-4-5-7-19(15)24-21(17)23/h4-11H,1-3H3. The average Bonchev–Trinajstić information content (AvgIpc) is 3.07. The van der Waals surface area contributed by atoms with Crippen LogP contribution in [-0.2, 0) is 0 Å². The monoisotopic (exact) mass is 347 g/mol. The molecule has 4 aromatic rings. The maximum atomic E-state index is 12.3. The molecule has 3 nitrogen and oxygen atoms in total. The van der Waals surface area contributed by atoms with Crippen LogP contribution >= 0.6 is 11.3 Å². The second-order valence-corrected chi connectivity index (χ2v) is 7.13. The summed E-state index contributed by atoms with van der Waals surface area (Å²) >= 11 is 1.47. The first-order valence-electron chi connectivity index (χ1n) is 8.10. The number of aryl methyl sites for hydroxylation is 3. The van der Waals surface area contributed by atoms with Crippen LogP contribution in [0.2, 0.25) is 0 Å². The van der Waals surface area contributed by atoms with Gasteiger partial charge < -0.3 is 4.42 Å². The fraction of sp³-hybridized carbons (Fsp3) is 0.143. The fourth-order valence-corrected chi connectivity index (χ4v) is 3.79. The number of rotatable bonds is 2. The van der Waals surface area contributed by atoms with Gasteiger partial charge >= 0.3 is 5.63 Å². The van der Waals surface area contributed by atoms with Crippen LogP contribution in [-0.4, -0.2) is 4.98 Å². The molecule has 0 aliphatic carbocycles. The van der Waals surface area contributed by atoms with Crippen LogP contribution in [0.4, 0.5) is 0 Å². The number of fused-ring (bicyclic) bond motifs is 1. The van der Waals surface area contributed by atoms with Crippen molar-refractivity contribution in [3.63, 3.8) is 0 Å². The first-order valence-corrected chi connectivity index (χ1v) is 8.98. The Hall–Kier alpha value is -2.72. The van der Waals surface area contributed by atoms with E-state index < -0.39 is 0 Å². The summed E-state index contributed by atoms with van der Waals surface area (Å²) in [5.41, 5.74) is 6.45. The number of benzene rings is 2. The predicted octanol–water partition coefficient (Wildman–Crippen LogP) is 5.51. The molecule has 0 aliphatic rings. The molecule has 25 heavy (non-hydrogen) atoms. The van der Waals surface area contributed by atoms with E-state index >= 15 is 0 Å². The summed E-state index contributed by atoms with van der Waals surface area (Å²) in [6.45, 7) is 6.30. The lowest BCUT2D eigenvalue weighted by atomic mass is 9.99. The van der Waals surface area contributed by atoms with Crippen molar-refractivity contribution in [1.82, 2.24) is 4.98 Å². The van der Waals surface area contributed by atoms with Gasteiger partial charge in [0.2, 0.25) is 0 Å². The second-order valence-electron chi connectivity index (χ2n) is 6.27. The Balaban J connectivity index is 1.84. The molecule has 0 aliphatic heterocycles. The quantitative estimate of drug-likeness (QED) is 0.449. The highest BCUT2D eigenvalue weighted by molar-refractivity contribution is 7.13. The van der Waals surface area contributed by atoms with E-state index in [1.165, 1.54) is 28.0 Å². The SMILES string of the molecule is Cc1cc(C)c(-c2csc(-c3cc4ccccc4oc3=O)n2)cc1C. The molecule has 0 atom stereocenters. The fourth-order valence-electron chi connectivity index (χ4n) is 2.97. The number of hydrogen-bond donors (Lipinski definition) is 0. The van der Waals surface area contributed by atoms with E-state index in [0.29, 0.717) is 16.2 Å². The molecule has 0 bridgehead atoms. The molecule has 4 rings (SSSR count). The highest BCUT2D eigenvalue weighted by Gasteiger charge is 2.14. The van der Waals surface area contributed by atoms with Gasteiger partial charge in [-0.15, -0.1) is 11.3 Å². The number of nitrogens with zero attached hydrogens (tertiary/aromatic N) is 1. The third-order valence-corrected chi connectivity index (χ3v) is 5.37. The Kier molecular flexibility index (Phi) is 3.77. The number of aromatic nitrogens is 1. The maximum absolute atomic E-state index is 12.3. The molecule has 0 spiro atoms. The van der Waals surface area contributed by atoms with Gasteiger partial charge in [-0.3, -0.25) is 0 Å². The zero-order chi connectivity index (χ0) is 17.6. The van der Waals surface area contributed by atoms with Gasteiger partial charge in [0.25, 0.3) is 0 Å². The zero-order valence-electron chi connectivity index (χ0n) is 14.3. The summed E-state index contributed by atoms with van der Waals surface area (Å²) in [4.78, 5) is 17.1. The van der Waals surface area contributed by atoms with Crippen molar-refractivity contribution in [2.75, 3.05) is 0 Å². The van der Waals surface area contributed by atoms with Gasteiger partial charge in [0.05, 0.1) is 11.3 Å². The van der Waals surface area contributed by atoms with Crippen molar-refractivity contribution in [2.24, 2.45) is 0 Å². The average molecular weight is 347 g/mol. The minimum atomic E-state index is -0.351. The lowest BCUT2D eigenvalue weighted by Gasteiger charge is -2.07. The summed E-state index contributed by atoms with van der Waals surface area (Å²) < 4.78 is 5.43. The van der Waals surface area contributed by atoms with E-state index in [1.807, 2.05) is 29.6 Å². The molecule has 0 fully saturated rings. The normalized spacial score (nSPS) is 11.2. The molecule has 0 radical (unpaired) electrons. The molecule has 2 aromatic carbocycles. The van der Waals surface area contributed by atoms with Gasteiger partial charge in [-0.25, -0.2) is 9.78 Å². The summed E-state index contributed by atoms with van der Waals surface area (Å²) in [7, 11) is 0. The van der Waals surface area contributed by atoms with Crippen LogP contribution in [0.3, 0.4) is 0 Å². The molecular formula is C21H17NO2S. The molecule has 4 heteroatoms. The number of para-hydroxylation sites is 1. The Morgan fingerprint density at radius 2 is 1.68 bits per heavy atom. The summed E-state index contributed by atoms with van der Waals surface area (Å²) in [6, 6.07) is 13.7. The van der Waals surface area contributed by atoms with Crippen molar-refractivity contribution < 1.29 is 4.42 Å². The van der Waals surface area contributed by atoms with E-state index in [-0.39, 0.29) is 5.63 Å². The Morgan fingerprint density at radius 1 is 0.920 bits per heavy atom. The van der Waals surface area contributed by atoms with E-state index in [0.717, 1.165) is 16.6 Å². The summed E-state index contributed by atoms with van der Waals surface area (Å²) in [6.07, 6.45) is 0. The Bertz CT molecular complexity index is 1150. The van der Waals surface area contributed by atoms with E-state index in [1.54, 1.807) is 6.07 Å². The van der Waals surface area contributed by atoms with Gasteiger partial charge in [-0.2, -0.15) is 0 Å². The van der Waals surface area contributed by atoms with Crippen molar-refractivity contribution >= 4 is 22.3 Å². The highest BCUT2D eigenvalue weighted by atomic mass is 32.1. The minimum Gasteiger partial charge on any atom is -0.422 e. The summed E-state index contributed by atoms with van der Waals surface area (Å²) in [5.74, 6) is 0. The maximum Gasteiger partial charge on any atom is 0.346 e. The van der Waals surface area contributed by atoms with E-state index in [9.17, 15) is 4.79 Å². The molecule has 0 saturated heterocycles. The van der Waals surface area contributed by atoms with Crippen molar-refractivity contribution in [3.8, 4) is 21.8 Å². The van der Waals surface area contributed by atoms with Gasteiger partial charge in [0.15, 0.2) is 0 Å². The smallest absolute Gasteiger partial charge is 0.346 e. The van der Waals surface area contributed by atoms with Crippen molar-refractivity contribution in [2.45, 2.75) is 20.8 Å². The first-order chi connectivity index (χ1) is 12.0. The molecule has 2 heterocycles. The Morgan fingerprint density at radius 3 is 2.52 bits per heavy atom. The van der Waals surface area contributed by atoms with Crippen molar-refractivity contribution in [3.05, 3.63) is 75.0 Å². The van der Waals surface area contributed by atoms with Crippen LogP contribution in [0.15, 0.2) is 57.1 Å². The zero-order valence-corrected chi connectivity index (χ0v) is 15.1. The third-order valence-electron chi connectivity index (χ3n) is 4.49. The molecule has 0 amide bonds. The van der Waals surface area contributed by atoms with E-state index in [4.69, 9.17) is 9.40 Å². The number of thiazole rings is 1. The number of hydrogen-bond acceptors (Lipinski definition) is 4. The van der Waals surface area contributed by atoms with Crippen molar-refractivity contribution in [1.29, 1.82) is 0 Å². The highest BCUT2D eigenvalue weighted by Crippen LogP contribution is 2.31. The third kappa shape index (κ3) is 2.79. The second kappa shape index (κ2) is 5.97. The van der Waals surface area contributed by atoms with Crippen LogP contribution in [0.1, 0.15) is 16.7 Å². The minimum absolute atomic E-state index is 0.351. The van der Waals surface area contributed by atoms with Gasteiger partial charge in [0, 0.05) is 16.3 Å². The molecular weight excluding hydrogens is 330 g/mol. The van der Waals surface area contributed by atoms with Gasteiger partial charge in [-0.1, -0.05) is 24.3 Å². The Labute approximate surface area is 149 Å². The van der Waals surface area contributed by atoms with Gasteiger partial charge in [-0.05, 0) is 55.7 Å². The van der Waals surface area contributed by atoms with Crippen LogP contribution < -0.4 is 5.63 Å². The van der Waals surface area contributed by atoms with Gasteiger partial charge in [0.1, 0.15) is 10.6 Å². The predicted molar refractivity (Wildman–Crippen MR) is 103 cm³/mol. The van der Waals surface area contributed by atoms with Crippen LogP contribution in [0.5, 0.6) is 0 Å². The molecule has 0 saturated carbocycles. The molecule has 0 unspecified atom stereocenters. The largest absolute Gasteiger partial charge is 0.422 e. The topological polar surface area (TPSA) is 43.1 Å². The molecule has 124 valence electrons. The molecule has 0 N–H and O–H groups in total. The van der Waals surface area contributed by atoms with E-state index in [2.05, 4.69) is 32.9 Å². The summed E-state index contributed by atoms with van der Waals surface area (Å²) in [5, 5.41) is 3.59. The molecule has 2 aromatic heterocycles. The lowest BCUT2D eigenvalue weighted by Crippen LogP contribution is -2.02. The first kappa shape index (κ1) is 15.8.